The van der Waals surface area contributed by atoms with Gasteiger partial charge in [0.2, 0.25) is 0 Å². The van der Waals surface area contributed by atoms with Crippen LogP contribution in [0.5, 0.6) is 0 Å². The average Bonchev–Trinajstić information content (AvgIpc) is 2.87. The maximum Gasteiger partial charge on any atom is 0.306 e. The number of hydrogen-bond donors (Lipinski definition) is 2. The number of carbonyl (C=O) groups is 2. The van der Waals surface area contributed by atoms with Gasteiger partial charge in [-0.05, 0) is 37.1 Å². The summed E-state index contributed by atoms with van der Waals surface area (Å²) in [6.45, 7) is 3.39. The summed E-state index contributed by atoms with van der Waals surface area (Å²) < 4.78 is 5.09. The number of carboxylic acid groups (broad SMARTS) is 1. The molecule has 0 aliphatic carbocycles. The van der Waals surface area contributed by atoms with E-state index >= 15 is 0 Å². The van der Waals surface area contributed by atoms with E-state index in [-0.39, 0.29) is 5.91 Å². The minimum Gasteiger partial charge on any atom is -0.481 e. The molecule has 21 heavy (non-hydrogen) atoms. The summed E-state index contributed by atoms with van der Waals surface area (Å²) in [6, 6.07) is 8.77. The van der Waals surface area contributed by atoms with Crippen LogP contribution in [0.25, 0.3) is 0 Å². The normalized spacial score (nSPS) is 11.9. The second-order valence-corrected chi connectivity index (χ2v) is 4.98. The molecule has 5 nitrogen and oxygen atoms in total. The Hall–Kier alpha value is -2.56. The number of anilines is 1. The van der Waals surface area contributed by atoms with Crippen molar-refractivity contribution >= 4 is 17.6 Å². The first-order valence-electron chi connectivity index (χ1n) is 6.64. The predicted octanol–water partition coefficient (Wildman–Crippen LogP) is 3.10. The van der Waals surface area contributed by atoms with Crippen LogP contribution in [0.4, 0.5) is 5.69 Å². The third-order valence-electron chi connectivity index (χ3n) is 3.28. The van der Waals surface area contributed by atoms with Crippen LogP contribution >= 0.6 is 0 Å². The Morgan fingerprint density at radius 3 is 2.43 bits per heavy atom. The van der Waals surface area contributed by atoms with Crippen LogP contribution in [0.1, 0.15) is 28.6 Å². The van der Waals surface area contributed by atoms with Crippen molar-refractivity contribution in [3.05, 3.63) is 53.5 Å². The monoisotopic (exact) mass is 287 g/mol. The zero-order valence-electron chi connectivity index (χ0n) is 11.9. The van der Waals surface area contributed by atoms with E-state index in [2.05, 4.69) is 5.32 Å². The third kappa shape index (κ3) is 3.72. The van der Waals surface area contributed by atoms with Gasteiger partial charge in [0.1, 0.15) is 5.76 Å². The number of benzene rings is 1. The molecule has 0 bridgehead atoms. The van der Waals surface area contributed by atoms with Gasteiger partial charge in [0.25, 0.3) is 5.91 Å². The highest BCUT2D eigenvalue weighted by Crippen LogP contribution is 2.16. The Labute approximate surface area is 122 Å². The van der Waals surface area contributed by atoms with E-state index in [1.54, 1.807) is 32.0 Å². The summed E-state index contributed by atoms with van der Waals surface area (Å²) >= 11 is 0. The van der Waals surface area contributed by atoms with Crippen molar-refractivity contribution < 1.29 is 19.1 Å². The number of hydrogen-bond acceptors (Lipinski definition) is 3. The van der Waals surface area contributed by atoms with Gasteiger partial charge in [0.05, 0.1) is 17.7 Å². The van der Waals surface area contributed by atoms with E-state index in [4.69, 9.17) is 9.52 Å². The van der Waals surface area contributed by atoms with E-state index < -0.39 is 11.9 Å². The molecule has 0 aliphatic heterocycles. The topological polar surface area (TPSA) is 79.5 Å². The van der Waals surface area contributed by atoms with Crippen molar-refractivity contribution in [3.63, 3.8) is 0 Å². The average molecular weight is 287 g/mol. The lowest BCUT2D eigenvalue weighted by Crippen LogP contribution is -2.13. The summed E-state index contributed by atoms with van der Waals surface area (Å²) in [6.07, 6.45) is 1.94. The highest BCUT2D eigenvalue weighted by molar-refractivity contribution is 6.04. The van der Waals surface area contributed by atoms with E-state index in [9.17, 15) is 9.59 Å². The molecule has 0 saturated heterocycles. The van der Waals surface area contributed by atoms with E-state index in [1.807, 2.05) is 12.1 Å². The molecule has 1 aromatic heterocycles. The van der Waals surface area contributed by atoms with Crippen LogP contribution in [0.15, 0.2) is 41.0 Å². The highest BCUT2D eigenvalue weighted by atomic mass is 16.4. The van der Waals surface area contributed by atoms with Gasteiger partial charge >= 0.3 is 5.97 Å². The Morgan fingerprint density at radius 2 is 1.90 bits per heavy atom. The fourth-order valence-electron chi connectivity index (χ4n) is 1.98. The Morgan fingerprint density at radius 1 is 1.24 bits per heavy atom. The molecule has 1 aromatic carbocycles. The predicted molar refractivity (Wildman–Crippen MR) is 78.3 cm³/mol. The van der Waals surface area contributed by atoms with E-state index in [0.29, 0.717) is 23.4 Å². The molecule has 2 rings (SSSR count). The van der Waals surface area contributed by atoms with Crippen LogP contribution in [0, 0.1) is 12.8 Å². The van der Waals surface area contributed by atoms with Crippen LogP contribution in [0.2, 0.25) is 0 Å². The number of furan rings is 1. The van der Waals surface area contributed by atoms with Crippen molar-refractivity contribution in [2.45, 2.75) is 20.3 Å². The number of nitrogens with one attached hydrogen (secondary N) is 1. The second-order valence-electron chi connectivity index (χ2n) is 4.98. The highest BCUT2D eigenvalue weighted by Gasteiger charge is 2.13. The van der Waals surface area contributed by atoms with Gasteiger partial charge < -0.3 is 14.8 Å². The minimum absolute atomic E-state index is 0.229. The lowest BCUT2D eigenvalue weighted by Gasteiger charge is -2.08. The Kier molecular flexibility index (Phi) is 4.42. The fourth-order valence-corrected chi connectivity index (χ4v) is 1.98. The third-order valence-corrected chi connectivity index (χ3v) is 3.28. The van der Waals surface area contributed by atoms with Crippen molar-refractivity contribution in [3.8, 4) is 0 Å². The van der Waals surface area contributed by atoms with Gasteiger partial charge in [0.15, 0.2) is 0 Å². The fraction of sp³-hybridized carbons (Fsp3) is 0.250. The van der Waals surface area contributed by atoms with Crippen LogP contribution < -0.4 is 5.32 Å². The summed E-state index contributed by atoms with van der Waals surface area (Å²) in [5, 5.41) is 11.7. The first-order chi connectivity index (χ1) is 9.97. The summed E-state index contributed by atoms with van der Waals surface area (Å²) in [5.41, 5.74) is 2.08. The van der Waals surface area contributed by atoms with Crippen molar-refractivity contribution in [2.75, 3.05) is 5.32 Å². The summed E-state index contributed by atoms with van der Waals surface area (Å²) in [5.74, 6) is -0.908. The van der Waals surface area contributed by atoms with E-state index in [1.165, 1.54) is 6.26 Å². The molecule has 1 heterocycles. The molecule has 0 aliphatic rings. The van der Waals surface area contributed by atoms with Crippen LogP contribution in [0.3, 0.4) is 0 Å². The Balaban J connectivity index is 2.01. The number of amides is 1. The largest absolute Gasteiger partial charge is 0.481 e. The molecule has 5 heteroatoms. The van der Waals surface area contributed by atoms with Crippen molar-refractivity contribution in [1.29, 1.82) is 0 Å². The number of aliphatic carboxylic acids is 1. The van der Waals surface area contributed by atoms with Gasteiger partial charge in [-0.15, -0.1) is 0 Å². The molecule has 1 atom stereocenters. The lowest BCUT2D eigenvalue weighted by atomic mass is 10.0. The number of rotatable bonds is 5. The zero-order chi connectivity index (χ0) is 15.4. The molecule has 0 fully saturated rings. The number of carbonyl (C=O) groups excluding carboxylic acids is 1. The Bertz CT molecular complexity index is 643. The lowest BCUT2D eigenvalue weighted by molar-refractivity contribution is -0.141. The zero-order valence-corrected chi connectivity index (χ0v) is 11.9. The standard InChI is InChI=1S/C16H17NO4/c1-10(16(19)20)9-12-3-5-13(6-4-12)17-15(18)14-7-8-21-11(14)2/h3-8,10H,9H2,1-2H3,(H,17,18)(H,19,20). The molecule has 0 radical (unpaired) electrons. The number of carboxylic acids is 1. The van der Waals surface area contributed by atoms with Gasteiger partial charge in [-0.3, -0.25) is 9.59 Å². The molecule has 2 aromatic rings. The SMILES string of the molecule is Cc1occc1C(=O)Nc1ccc(CC(C)C(=O)O)cc1. The second kappa shape index (κ2) is 6.26. The number of aryl methyl sites for hydroxylation is 1. The van der Waals surface area contributed by atoms with Gasteiger partial charge in [-0.1, -0.05) is 19.1 Å². The molecule has 1 amide bonds. The van der Waals surface area contributed by atoms with E-state index in [0.717, 1.165) is 5.56 Å². The quantitative estimate of drug-likeness (QED) is 0.885. The summed E-state index contributed by atoms with van der Waals surface area (Å²) in [4.78, 5) is 22.8. The molecule has 0 spiro atoms. The van der Waals surface area contributed by atoms with Crippen molar-refractivity contribution in [2.24, 2.45) is 5.92 Å². The van der Waals surface area contributed by atoms with Crippen LogP contribution in [-0.2, 0) is 11.2 Å². The molecule has 110 valence electrons. The first kappa shape index (κ1) is 14.8. The molecule has 1 unspecified atom stereocenters. The summed E-state index contributed by atoms with van der Waals surface area (Å²) in [7, 11) is 0. The van der Waals surface area contributed by atoms with Crippen LogP contribution in [-0.4, -0.2) is 17.0 Å². The maximum atomic E-state index is 12.0. The molecular formula is C16H17NO4. The molecule has 2 N–H and O–H groups in total. The minimum atomic E-state index is -0.817. The first-order valence-corrected chi connectivity index (χ1v) is 6.64. The van der Waals surface area contributed by atoms with Gasteiger partial charge in [-0.25, -0.2) is 0 Å². The van der Waals surface area contributed by atoms with Gasteiger partial charge in [-0.2, -0.15) is 0 Å². The van der Waals surface area contributed by atoms with Gasteiger partial charge in [0, 0.05) is 5.69 Å². The molecular weight excluding hydrogens is 270 g/mol. The molecule has 0 saturated carbocycles. The maximum absolute atomic E-state index is 12.0. The smallest absolute Gasteiger partial charge is 0.306 e. The van der Waals surface area contributed by atoms with Crippen molar-refractivity contribution in [1.82, 2.24) is 0 Å².